The number of nitrogens with one attached hydrogen (secondary N) is 1. The molecule has 0 unspecified atom stereocenters. The number of hydrogen-bond donors (Lipinski definition) is 2. The van der Waals surface area contributed by atoms with Crippen molar-refractivity contribution in [2.45, 2.75) is 13.3 Å². The predicted octanol–water partition coefficient (Wildman–Crippen LogP) is 3.00. The fraction of sp³-hybridized carbons (Fsp3) is 0.200. The number of rotatable bonds is 7. The average molecular weight is 459 g/mol. The molecular formula is C15H14IN3O4S. The summed E-state index contributed by atoms with van der Waals surface area (Å²) in [6.07, 6.45) is 1.53. The zero-order valence-corrected chi connectivity index (χ0v) is 15.6. The monoisotopic (exact) mass is 459 g/mol. The minimum absolute atomic E-state index is 0.107. The number of carboxylic acids is 1. The van der Waals surface area contributed by atoms with E-state index in [1.54, 1.807) is 30.5 Å². The fourth-order valence-electron chi connectivity index (χ4n) is 1.78. The summed E-state index contributed by atoms with van der Waals surface area (Å²) in [5, 5.41) is 15.4. The maximum atomic E-state index is 11.4. The van der Waals surface area contributed by atoms with Crippen molar-refractivity contribution in [1.82, 2.24) is 4.98 Å². The third kappa shape index (κ3) is 5.27. The number of hydrogen-bond acceptors (Lipinski definition) is 7. The van der Waals surface area contributed by atoms with Gasteiger partial charge in [0.05, 0.1) is 30.5 Å². The van der Waals surface area contributed by atoms with E-state index in [1.807, 2.05) is 0 Å². The van der Waals surface area contributed by atoms with Gasteiger partial charge in [-0.1, -0.05) is 6.07 Å². The lowest BCUT2D eigenvalue weighted by atomic mass is 10.1. The zero-order chi connectivity index (χ0) is 17.5. The second-order valence-electron chi connectivity index (χ2n) is 4.53. The Morgan fingerprint density at radius 1 is 1.50 bits per heavy atom. The topological polar surface area (TPSA) is 101 Å². The molecule has 0 aliphatic rings. The number of carbonyl (C=O) groups excluding carboxylic acids is 1. The third-order valence-corrected chi connectivity index (χ3v) is 4.26. The fourth-order valence-corrected chi connectivity index (χ4v) is 2.93. The van der Waals surface area contributed by atoms with Crippen molar-refractivity contribution in [3.63, 3.8) is 0 Å². The molecule has 7 nitrogen and oxygen atoms in total. The van der Waals surface area contributed by atoms with Crippen LogP contribution in [0.15, 0.2) is 28.7 Å². The number of carbonyl (C=O) groups is 2. The third-order valence-electron chi connectivity index (χ3n) is 2.79. The van der Waals surface area contributed by atoms with Gasteiger partial charge in [-0.25, -0.2) is 9.78 Å². The van der Waals surface area contributed by atoms with Gasteiger partial charge in [0.2, 0.25) is 5.13 Å². The molecule has 2 N–H and O–H groups in total. The average Bonchev–Trinajstić information content (AvgIpc) is 2.96. The molecule has 0 atom stereocenters. The van der Waals surface area contributed by atoms with E-state index >= 15 is 0 Å². The lowest BCUT2D eigenvalue weighted by molar-refractivity contribution is -0.142. The number of thiazole rings is 1. The van der Waals surface area contributed by atoms with Gasteiger partial charge in [-0.15, -0.1) is 11.3 Å². The smallest absolute Gasteiger partial charge is 0.336 e. The molecule has 0 bridgehead atoms. The van der Waals surface area contributed by atoms with Crippen LogP contribution in [0.1, 0.15) is 28.5 Å². The molecule has 0 saturated carbocycles. The van der Waals surface area contributed by atoms with Crippen molar-refractivity contribution in [3.8, 4) is 0 Å². The summed E-state index contributed by atoms with van der Waals surface area (Å²) in [6.45, 7) is 2.08. The summed E-state index contributed by atoms with van der Waals surface area (Å²) in [6, 6.07) is 5.06. The van der Waals surface area contributed by atoms with Crippen LogP contribution in [0.5, 0.6) is 0 Å². The van der Waals surface area contributed by atoms with Crippen LogP contribution in [0.3, 0.4) is 0 Å². The summed E-state index contributed by atoms with van der Waals surface area (Å²) in [7, 11) is 0. The van der Waals surface area contributed by atoms with E-state index in [0.717, 1.165) is 3.57 Å². The molecule has 1 aromatic heterocycles. The van der Waals surface area contributed by atoms with E-state index in [0.29, 0.717) is 23.0 Å². The van der Waals surface area contributed by atoms with Crippen LogP contribution in [0, 0.1) is 3.57 Å². The van der Waals surface area contributed by atoms with Gasteiger partial charge < -0.3 is 9.84 Å². The van der Waals surface area contributed by atoms with Crippen LogP contribution in [-0.2, 0) is 16.0 Å². The first kappa shape index (κ1) is 18.3. The van der Waals surface area contributed by atoms with E-state index in [9.17, 15) is 14.7 Å². The Labute approximate surface area is 155 Å². The number of halogens is 1. The molecule has 0 aliphatic heterocycles. The SMILES string of the molecule is CCOC(=O)Cc1csc(NN=Cc2ccc(I)cc2C(=O)O)n1. The van der Waals surface area contributed by atoms with E-state index in [2.05, 4.69) is 38.1 Å². The summed E-state index contributed by atoms with van der Waals surface area (Å²) >= 11 is 3.35. The second-order valence-corrected chi connectivity index (χ2v) is 6.64. The van der Waals surface area contributed by atoms with Crippen LogP contribution < -0.4 is 5.43 Å². The number of aromatic nitrogens is 1. The molecule has 0 aliphatic carbocycles. The van der Waals surface area contributed by atoms with Gasteiger partial charge in [0.25, 0.3) is 0 Å². The number of ether oxygens (including phenoxy) is 1. The lowest BCUT2D eigenvalue weighted by Crippen LogP contribution is -2.07. The Morgan fingerprint density at radius 2 is 2.29 bits per heavy atom. The first-order valence-corrected chi connectivity index (χ1v) is 8.87. The summed E-state index contributed by atoms with van der Waals surface area (Å²) in [5.41, 5.74) is 3.98. The molecule has 0 saturated heterocycles. The number of esters is 1. The van der Waals surface area contributed by atoms with Gasteiger partial charge in [-0.05, 0) is 41.6 Å². The molecule has 0 spiro atoms. The lowest BCUT2D eigenvalue weighted by Gasteiger charge is -2.01. The van der Waals surface area contributed by atoms with E-state index in [4.69, 9.17) is 4.74 Å². The molecule has 126 valence electrons. The highest BCUT2D eigenvalue weighted by Crippen LogP contribution is 2.17. The van der Waals surface area contributed by atoms with Crippen LogP contribution in [0.2, 0.25) is 0 Å². The van der Waals surface area contributed by atoms with Crippen LogP contribution in [-0.4, -0.2) is 34.9 Å². The predicted molar refractivity (Wildman–Crippen MR) is 99.8 cm³/mol. The van der Waals surface area contributed by atoms with Crippen molar-refractivity contribution in [3.05, 3.63) is 44.0 Å². The van der Waals surface area contributed by atoms with Gasteiger partial charge in [0.15, 0.2) is 0 Å². The number of carboxylic acid groups (broad SMARTS) is 1. The van der Waals surface area contributed by atoms with Gasteiger partial charge in [-0.2, -0.15) is 5.10 Å². The molecular weight excluding hydrogens is 445 g/mol. The molecule has 1 heterocycles. The largest absolute Gasteiger partial charge is 0.478 e. The highest BCUT2D eigenvalue weighted by atomic mass is 127. The Kier molecular flexibility index (Phi) is 6.67. The minimum Gasteiger partial charge on any atom is -0.478 e. The minimum atomic E-state index is -1.01. The molecule has 2 aromatic rings. The molecule has 24 heavy (non-hydrogen) atoms. The Hall–Kier alpha value is -2.01. The van der Waals surface area contributed by atoms with Crippen LogP contribution in [0.4, 0.5) is 5.13 Å². The number of aromatic carboxylic acids is 1. The maximum absolute atomic E-state index is 11.4. The van der Waals surface area contributed by atoms with Crippen molar-refractivity contribution in [2.75, 3.05) is 12.0 Å². The van der Waals surface area contributed by atoms with Crippen molar-refractivity contribution in [1.29, 1.82) is 0 Å². The van der Waals surface area contributed by atoms with E-state index in [1.165, 1.54) is 17.6 Å². The van der Waals surface area contributed by atoms with Crippen molar-refractivity contribution in [2.24, 2.45) is 5.10 Å². The highest BCUT2D eigenvalue weighted by Gasteiger charge is 2.10. The number of benzene rings is 1. The van der Waals surface area contributed by atoms with Gasteiger partial charge in [0.1, 0.15) is 0 Å². The molecule has 0 radical (unpaired) electrons. The second kappa shape index (κ2) is 8.73. The van der Waals surface area contributed by atoms with E-state index < -0.39 is 5.97 Å². The Balaban J connectivity index is 2.01. The highest BCUT2D eigenvalue weighted by molar-refractivity contribution is 14.1. The maximum Gasteiger partial charge on any atom is 0.336 e. The quantitative estimate of drug-likeness (QED) is 0.286. The number of anilines is 1. The van der Waals surface area contributed by atoms with Crippen LogP contribution >= 0.6 is 33.9 Å². The summed E-state index contributed by atoms with van der Waals surface area (Å²) in [4.78, 5) is 26.8. The molecule has 2 rings (SSSR count). The molecule has 1 aromatic carbocycles. The van der Waals surface area contributed by atoms with Crippen molar-refractivity contribution < 1.29 is 19.4 Å². The van der Waals surface area contributed by atoms with E-state index in [-0.39, 0.29) is 18.0 Å². The zero-order valence-electron chi connectivity index (χ0n) is 12.7. The molecule has 9 heteroatoms. The van der Waals surface area contributed by atoms with Gasteiger partial charge in [0, 0.05) is 14.5 Å². The normalized spacial score (nSPS) is 10.8. The van der Waals surface area contributed by atoms with Crippen molar-refractivity contribution >= 4 is 57.2 Å². The molecule has 0 fully saturated rings. The standard InChI is InChI=1S/C15H14IN3O4S/c1-2-23-13(20)6-11-8-24-15(18-11)19-17-7-9-3-4-10(16)5-12(9)14(21)22/h3-5,7-8H,2,6H2,1H3,(H,18,19)(H,21,22). The first-order chi connectivity index (χ1) is 11.5. The Bertz CT molecular complexity index is 776. The summed E-state index contributed by atoms with van der Waals surface area (Å²) < 4.78 is 5.69. The molecule has 0 amide bonds. The summed E-state index contributed by atoms with van der Waals surface area (Å²) in [5.74, 6) is -1.34. The van der Waals surface area contributed by atoms with Gasteiger partial charge >= 0.3 is 11.9 Å². The first-order valence-electron chi connectivity index (χ1n) is 6.91. The van der Waals surface area contributed by atoms with Gasteiger partial charge in [-0.3, -0.25) is 10.2 Å². The number of hydrazone groups is 1. The van der Waals surface area contributed by atoms with Crippen LogP contribution in [0.25, 0.3) is 0 Å². The number of nitrogens with zero attached hydrogens (tertiary/aromatic N) is 2. The Morgan fingerprint density at radius 3 is 3.00 bits per heavy atom.